The lowest BCUT2D eigenvalue weighted by Gasteiger charge is -2.36. The zero-order chi connectivity index (χ0) is 25.4. The van der Waals surface area contributed by atoms with Gasteiger partial charge in [0, 0.05) is 49.7 Å². The number of piperazine rings is 1. The van der Waals surface area contributed by atoms with E-state index in [1.54, 1.807) is 17.0 Å². The van der Waals surface area contributed by atoms with Crippen molar-refractivity contribution >= 4 is 46.6 Å². The topological polar surface area (TPSA) is 145 Å². The second-order valence-electron chi connectivity index (χ2n) is 8.99. The summed E-state index contributed by atoms with van der Waals surface area (Å²) in [5.74, 6) is -2.41. The number of carbonyl (C=O) groups excluding carboxylic acids is 5. The van der Waals surface area contributed by atoms with Gasteiger partial charge in [-0.25, -0.2) is 0 Å². The van der Waals surface area contributed by atoms with Crippen LogP contribution in [0.15, 0.2) is 42.5 Å². The highest BCUT2D eigenvalue weighted by atomic mass is 16.2. The molecule has 0 aromatic heterocycles. The number of carbonyl (C=O) groups is 5. The van der Waals surface area contributed by atoms with Crippen LogP contribution < -0.4 is 21.3 Å². The van der Waals surface area contributed by atoms with Crippen LogP contribution >= 0.6 is 0 Å². The highest BCUT2D eigenvalue weighted by Crippen LogP contribution is 2.32. The zero-order valence-electron chi connectivity index (χ0n) is 19.5. The van der Waals surface area contributed by atoms with Crippen LogP contribution in [0, 0.1) is 0 Å². The molecule has 0 bridgehead atoms. The highest BCUT2D eigenvalue weighted by Gasteiger charge is 2.45. The summed E-state index contributed by atoms with van der Waals surface area (Å²) in [6.07, 6.45) is 0.134. The normalized spacial score (nSPS) is 19.9. The van der Waals surface area contributed by atoms with Crippen molar-refractivity contribution in [2.75, 3.05) is 48.7 Å². The number of nitrogens with two attached hydrogens (primary N) is 1. The summed E-state index contributed by atoms with van der Waals surface area (Å²) in [4.78, 5) is 67.6. The van der Waals surface area contributed by atoms with Crippen LogP contribution in [0.4, 0.5) is 17.1 Å². The Bertz CT molecular complexity index is 1250. The highest BCUT2D eigenvalue weighted by molar-refractivity contribution is 6.25. The molecule has 11 heteroatoms. The van der Waals surface area contributed by atoms with Crippen molar-refractivity contribution in [2.24, 2.45) is 0 Å². The Morgan fingerprint density at radius 1 is 0.972 bits per heavy atom. The predicted molar refractivity (Wildman–Crippen MR) is 131 cm³/mol. The molecule has 3 aliphatic rings. The van der Waals surface area contributed by atoms with Crippen LogP contribution in [0.3, 0.4) is 0 Å². The van der Waals surface area contributed by atoms with E-state index < -0.39 is 29.7 Å². The number of nitrogen functional groups attached to an aromatic ring is 1. The molecular formula is C25H26N6O5. The minimum absolute atomic E-state index is 0.0434. The van der Waals surface area contributed by atoms with Crippen LogP contribution in [0.25, 0.3) is 0 Å². The number of nitrogens with one attached hydrogen (secondary N) is 2. The van der Waals surface area contributed by atoms with E-state index in [2.05, 4.69) is 15.5 Å². The standard InChI is InChI=1S/C25H26N6O5/c26-15-4-6-16(7-5-15)29-10-12-30(13-11-29)21(33)14-27-18-3-1-2-17-22(18)25(36)31(24(17)35)19-8-9-20(32)28-23(19)34/h1-7,19,27H,8-14,26H2,(H,28,32,34). The molecule has 0 aliphatic carbocycles. The Kier molecular flexibility index (Phi) is 6.05. The van der Waals surface area contributed by atoms with E-state index in [-0.39, 0.29) is 36.4 Å². The van der Waals surface area contributed by atoms with Gasteiger partial charge in [-0.05, 0) is 42.8 Å². The first-order chi connectivity index (χ1) is 17.3. The van der Waals surface area contributed by atoms with Gasteiger partial charge in [-0.15, -0.1) is 0 Å². The Hall–Kier alpha value is -4.41. The zero-order valence-corrected chi connectivity index (χ0v) is 19.5. The fourth-order valence-corrected chi connectivity index (χ4v) is 4.84. The molecule has 2 aromatic carbocycles. The number of piperidine rings is 1. The van der Waals surface area contributed by atoms with Crippen molar-refractivity contribution in [3.8, 4) is 0 Å². The molecule has 5 amide bonds. The van der Waals surface area contributed by atoms with Crippen molar-refractivity contribution in [1.82, 2.24) is 15.1 Å². The average Bonchev–Trinajstić information content (AvgIpc) is 3.13. The van der Waals surface area contributed by atoms with Crippen LogP contribution in [0.2, 0.25) is 0 Å². The van der Waals surface area contributed by atoms with Crippen molar-refractivity contribution < 1.29 is 24.0 Å². The quantitative estimate of drug-likeness (QED) is 0.404. The third-order valence-electron chi connectivity index (χ3n) is 6.79. The third-order valence-corrected chi connectivity index (χ3v) is 6.79. The Balaban J connectivity index is 1.22. The van der Waals surface area contributed by atoms with Crippen molar-refractivity contribution in [3.05, 3.63) is 53.6 Å². The maximum Gasteiger partial charge on any atom is 0.264 e. The number of anilines is 3. The summed E-state index contributed by atoms with van der Waals surface area (Å²) >= 11 is 0. The third kappa shape index (κ3) is 4.23. The molecule has 186 valence electrons. The van der Waals surface area contributed by atoms with E-state index in [0.717, 1.165) is 10.6 Å². The smallest absolute Gasteiger partial charge is 0.264 e. The number of benzene rings is 2. The molecule has 36 heavy (non-hydrogen) atoms. The van der Waals surface area contributed by atoms with Crippen LogP contribution in [0.1, 0.15) is 33.6 Å². The summed E-state index contributed by atoms with van der Waals surface area (Å²) in [6.45, 7) is 2.43. The molecule has 3 aliphatic heterocycles. The lowest BCUT2D eigenvalue weighted by Crippen LogP contribution is -2.54. The minimum Gasteiger partial charge on any atom is -0.399 e. The van der Waals surface area contributed by atoms with Crippen molar-refractivity contribution in [2.45, 2.75) is 18.9 Å². The fourth-order valence-electron chi connectivity index (χ4n) is 4.84. The first-order valence-corrected chi connectivity index (χ1v) is 11.8. The van der Waals surface area contributed by atoms with E-state index in [9.17, 15) is 24.0 Å². The fraction of sp³-hybridized carbons (Fsp3) is 0.320. The summed E-state index contributed by atoms with van der Waals surface area (Å²) < 4.78 is 0. The van der Waals surface area contributed by atoms with Gasteiger partial charge in [-0.2, -0.15) is 0 Å². The Morgan fingerprint density at radius 3 is 2.39 bits per heavy atom. The van der Waals surface area contributed by atoms with Crippen molar-refractivity contribution in [1.29, 1.82) is 0 Å². The molecule has 2 aromatic rings. The molecule has 1 unspecified atom stereocenters. The van der Waals surface area contributed by atoms with Gasteiger partial charge in [0.1, 0.15) is 6.04 Å². The second kappa shape index (κ2) is 9.33. The molecule has 1 atom stereocenters. The summed E-state index contributed by atoms with van der Waals surface area (Å²) in [5, 5.41) is 5.19. The molecule has 4 N–H and O–H groups in total. The minimum atomic E-state index is -1.04. The molecule has 11 nitrogen and oxygen atoms in total. The second-order valence-corrected chi connectivity index (χ2v) is 8.99. The van der Waals surface area contributed by atoms with Gasteiger partial charge in [-0.1, -0.05) is 6.07 Å². The summed E-state index contributed by atoms with van der Waals surface area (Å²) in [7, 11) is 0. The lowest BCUT2D eigenvalue weighted by atomic mass is 10.0. The van der Waals surface area contributed by atoms with Gasteiger partial charge in [0.2, 0.25) is 17.7 Å². The number of hydrogen-bond acceptors (Lipinski definition) is 8. The molecule has 0 spiro atoms. The molecule has 5 rings (SSSR count). The number of fused-ring (bicyclic) bond motifs is 1. The summed E-state index contributed by atoms with van der Waals surface area (Å²) in [6, 6.07) is 11.3. The molecule has 0 radical (unpaired) electrons. The maximum atomic E-state index is 13.2. The van der Waals surface area contributed by atoms with Gasteiger partial charge in [0.25, 0.3) is 11.8 Å². The molecule has 0 saturated carbocycles. The number of imide groups is 2. The van der Waals surface area contributed by atoms with Gasteiger partial charge >= 0.3 is 0 Å². The predicted octanol–water partition coefficient (Wildman–Crippen LogP) is 0.431. The Morgan fingerprint density at radius 2 is 1.69 bits per heavy atom. The first-order valence-electron chi connectivity index (χ1n) is 11.8. The van der Waals surface area contributed by atoms with Gasteiger partial charge in [0.05, 0.1) is 17.7 Å². The summed E-state index contributed by atoms with van der Waals surface area (Å²) in [5.41, 5.74) is 8.16. The van der Waals surface area contributed by atoms with Crippen LogP contribution in [-0.4, -0.2) is 78.1 Å². The van der Waals surface area contributed by atoms with Crippen LogP contribution in [-0.2, 0) is 14.4 Å². The van der Waals surface area contributed by atoms with Gasteiger partial charge < -0.3 is 20.9 Å². The SMILES string of the molecule is Nc1ccc(N2CCN(C(=O)CNc3cccc4c3C(=O)N(C3CCC(=O)NC3=O)C4=O)CC2)cc1. The molecule has 3 heterocycles. The lowest BCUT2D eigenvalue weighted by molar-refractivity contribution is -0.136. The van der Waals surface area contributed by atoms with E-state index in [1.165, 1.54) is 6.07 Å². The monoisotopic (exact) mass is 490 g/mol. The van der Waals surface area contributed by atoms with Gasteiger partial charge in [-0.3, -0.25) is 34.2 Å². The maximum absolute atomic E-state index is 13.2. The molecule has 2 fully saturated rings. The number of rotatable bonds is 5. The Labute approximate surface area is 207 Å². The largest absolute Gasteiger partial charge is 0.399 e. The average molecular weight is 491 g/mol. The van der Waals surface area contributed by atoms with E-state index in [1.807, 2.05) is 24.3 Å². The van der Waals surface area contributed by atoms with Gasteiger partial charge in [0.15, 0.2) is 0 Å². The van der Waals surface area contributed by atoms with E-state index >= 15 is 0 Å². The number of amides is 5. The van der Waals surface area contributed by atoms with E-state index in [0.29, 0.717) is 37.6 Å². The number of nitrogens with zero attached hydrogens (tertiary/aromatic N) is 3. The first kappa shape index (κ1) is 23.3. The number of hydrogen-bond donors (Lipinski definition) is 3. The molecular weight excluding hydrogens is 464 g/mol. The van der Waals surface area contributed by atoms with Crippen LogP contribution in [0.5, 0.6) is 0 Å². The van der Waals surface area contributed by atoms with Crippen molar-refractivity contribution in [3.63, 3.8) is 0 Å². The molecule has 2 saturated heterocycles. The van der Waals surface area contributed by atoms with E-state index in [4.69, 9.17) is 5.73 Å².